The highest BCUT2D eigenvalue weighted by molar-refractivity contribution is 9.09. The van der Waals surface area contributed by atoms with Crippen molar-refractivity contribution in [1.82, 2.24) is 0 Å². The molecule has 0 aromatic carbocycles. The number of ether oxygens (including phenoxy) is 1. The molecule has 0 heterocycles. The van der Waals surface area contributed by atoms with Crippen molar-refractivity contribution < 1.29 is 14.6 Å². The van der Waals surface area contributed by atoms with Gasteiger partial charge < -0.3 is 14.6 Å². The van der Waals surface area contributed by atoms with E-state index in [1.165, 1.54) is 0 Å². The van der Waals surface area contributed by atoms with Gasteiger partial charge in [-0.1, -0.05) is 22.9 Å². The summed E-state index contributed by atoms with van der Waals surface area (Å²) in [5, 5.41) is 10.6. The first-order valence-corrected chi connectivity index (χ1v) is 7.13. The highest BCUT2D eigenvalue weighted by Gasteiger charge is 2.62. The van der Waals surface area contributed by atoms with Crippen LogP contribution in [0, 0.1) is 17.3 Å². The molecule has 0 unspecified atom stereocenters. The Morgan fingerprint density at radius 1 is 1.47 bits per heavy atom. The zero-order valence-corrected chi connectivity index (χ0v) is 12.2. The molecule has 2 saturated carbocycles. The van der Waals surface area contributed by atoms with Gasteiger partial charge in [0, 0.05) is 23.8 Å². The molecule has 0 spiro atoms. The lowest BCUT2D eigenvalue weighted by Crippen LogP contribution is -2.52. The topological polar surface area (TPSA) is 46.5 Å². The van der Waals surface area contributed by atoms with Gasteiger partial charge in [-0.25, -0.2) is 0 Å². The summed E-state index contributed by atoms with van der Waals surface area (Å²) in [5.41, 5.74) is -0.828. The molecule has 6 atom stereocenters. The molecular weight excluding hydrogens is 284 g/mol. The summed E-state index contributed by atoms with van der Waals surface area (Å²) in [4.78, 5) is 11.7. The number of aliphatic hydroxyl groups is 1. The second kappa shape index (κ2) is 4.32. The second-order valence-corrected chi connectivity index (χ2v) is 7.14. The third kappa shape index (κ3) is 1.89. The lowest BCUT2D eigenvalue weighted by atomic mass is 9.61. The van der Waals surface area contributed by atoms with E-state index >= 15 is 0 Å². The first kappa shape index (κ1) is 13.5. The number of hydrogen-bond acceptors (Lipinski definition) is 3. The molecule has 0 saturated heterocycles. The Labute approximate surface area is 111 Å². The van der Waals surface area contributed by atoms with Crippen molar-refractivity contribution in [1.29, 1.82) is 0 Å². The summed E-state index contributed by atoms with van der Waals surface area (Å²) < 4.78 is 5.45. The van der Waals surface area contributed by atoms with Gasteiger partial charge >= 0.3 is 0 Å². The molecule has 98 valence electrons. The van der Waals surface area contributed by atoms with Crippen molar-refractivity contribution in [2.24, 2.45) is 17.3 Å². The monoisotopic (exact) mass is 304 g/mol. The van der Waals surface area contributed by atoms with Crippen LogP contribution in [-0.4, -0.2) is 35.0 Å². The van der Waals surface area contributed by atoms with E-state index in [-0.39, 0.29) is 23.4 Å². The number of halogens is 1. The van der Waals surface area contributed by atoms with Gasteiger partial charge in [-0.15, -0.1) is 0 Å². The van der Waals surface area contributed by atoms with Crippen LogP contribution in [0.4, 0.5) is 0 Å². The predicted octanol–water partition coefficient (Wildman–Crippen LogP) is 2.15. The first-order valence-electron chi connectivity index (χ1n) is 6.21. The van der Waals surface area contributed by atoms with E-state index in [1.54, 1.807) is 7.11 Å². The molecule has 2 rings (SSSR count). The van der Waals surface area contributed by atoms with Crippen LogP contribution in [0.25, 0.3) is 0 Å². The van der Waals surface area contributed by atoms with E-state index in [0.29, 0.717) is 4.83 Å². The number of aldehydes is 1. The fourth-order valence-corrected chi connectivity index (χ4v) is 4.81. The predicted molar refractivity (Wildman–Crippen MR) is 69.1 cm³/mol. The third-order valence-corrected chi connectivity index (χ3v) is 6.42. The molecular formula is C13H21BrO3. The summed E-state index contributed by atoms with van der Waals surface area (Å²) in [6.45, 7) is 4.03. The van der Waals surface area contributed by atoms with Gasteiger partial charge in [0.15, 0.2) is 0 Å². The van der Waals surface area contributed by atoms with Crippen molar-refractivity contribution in [3.05, 3.63) is 0 Å². The van der Waals surface area contributed by atoms with Crippen LogP contribution in [0.1, 0.15) is 33.1 Å². The lowest BCUT2D eigenvalue weighted by molar-refractivity contribution is -0.128. The minimum atomic E-state index is -0.766. The van der Waals surface area contributed by atoms with E-state index in [9.17, 15) is 9.90 Å². The molecule has 2 aliphatic carbocycles. The molecule has 0 amide bonds. The van der Waals surface area contributed by atoms with E-state index < -0.39 is 5.60 Å². The van der Waals surface area contributed by atoms with Crippen LogP contribution in [0.2, 0.25) is 0 Å². The number of carbonyl (C=O) groups excluding carboxylic acids is 1. The second-order valence-electron chi connectivity index (χ2n) is 6.04. The fraction of sp³-hybridized carbons (Fsp3) is 0.923. The highest BCUT2D eigenvalue weighted by Crippen LogP contribution is 2.60. The standard InChI is InChI=1S/C13H21BrO3/c1-12-6-9(17-3)8(7-15)11(12)13(2,16)5-4-10(12)14/h7-11,16H,4-6H2,1-3H3/t8-,9+,10-,11-,12+,13+/m0/s1. The molecule has 1 N–H and O–H groups in total. The van der Waals surface area contributed by atoms with E-state index in [4.69, 9.17) is 4.74 Å². The van der Waals surface area contributed by atoms with E-state index in [0.717, 1.165) is 25.5 Å². The Bertz CT molecular complexity index is 318. The van der Waals surface area contributed by atoms with Crippen molar-refractivity contribution >= 4 is 22.2 Å². The Balaban J connectivity index is 2.42. The average Bonchev–Trinajstić information content (AvgIpc) is 2.59. The van der Waals surface area contributed by atoms with Gasteiger partial charge in [0.25, 0.3) is 0 Å². The average molecular weight is 305 g/mol. The van der Waals surface area contributed by atoms with Crippen LogP contribution in [-0.2, 0) is 9.53 Å². The van der Waals surface area contributed by atoms with Gasteiger partial charge in [-0.2, -0.15) is 0 Å². The molecule has 4 heteroatoms. The third-order valence-electron chi connectivity index (χ3n) is 4.92. The summed E-state index contributed by atoms with van der Waals surface area (Å²) in [6.07, 6.45) is 3.44. The summed E-state index contributed by atoms with van der Waals surface area (Å²) in [5.74, 6) is -0.212. The number of hydrogen-bond donors (Lipinski definition) is 1. The molecule has 2 aliphatic rings. The number of carbonyl (C=O) groups is 1. The number of fused-ring (bicyclic) bond motifs is 1. The summed E-state index contributed by atoms with van der Waals surface area (Å²) >= 11 is 3.73. The Kier molecular flexibility index (Phi) is 3.43. The van der Waals surface area contributed by atoms with Crippen molar-refractivity contribution in [3.8, 4) is 0 Å². The molecule has 17 heavy (non-hydrogen) atoms. The summed E-state index contributed by atoms with van der Waals surface area (Å²) in [7, 11) is 1.65. The van der Waals surface area contributed by atoms with Gasteiger partial charge in [-0.3, -0.25) is 0 Å². The number of alkyl halides is 1. The van der Waals surface area contributed by atoms with Crippen molar-refractivity contribution in [2.45, 2.75) is 49.6 Å². The van der Waals surface area contributed by atoms with Gasteiger partial charge in [0.1, 0.15) is 6.29 Å². The van der Waals surface area contributed by atoms with Gasteiger partial charge in [0.2, 0.25) is 0 Å². The zero-order chi connectivity index (χ0) is 12.8. The minimum Gasteiger partial charge on any atom is -0.390 e. The highest BCUT2D eigenvalue weighted by atomic mass is 79.9. The Morgan fingerprint density at radius 3 is 2.65 bits per heavy atom. The smallest absolute Gasteiger partial charge is 0.126 e. The molecule has 0 aromatic heterocycles. The van der Waals surface area contributed by atoms with Gasteiger partial charge in [0.05, 0.1) is 11.7 Å². The molecule has 0 bridgehead atoms. The number of methoxy groups -OCH3 is 1. The van der Waals surface area contributed by atoms with Crippen LogP contribution < -0.4 is 0 Å². The molecule has 0 aromatic rings. The summed E-state index contributed by atoms with van der Waals surface area (Å²) in [6, 6.07) is 0. The SMILES string of the molecule is CO[C@@H]1C[C@]2(C)[C@@H](Br)CC[C@@](C)(O)[C@H]2[C@H]1C=O. The van der Waals surface area contributed by atoms with Crippen molar-refractivity contribution in [3.63, 3.8) is 0 Å². The van der Waals surface area contributed by atoms with Crippen LogP contribution in [0.15, 0.2) is 0 Å². The van der Waals surface area contributed by atoms with Crippen molar-refractivity contribution in [2.75, 3.05) is 7.11 Å². The Hall–Kier alpha value is 0.0700. The van der Waals surface area contributed by atoms with E-state index in [2.05, 4.69) is 22.9 Å². The lowest BCUT2D eigenvalue weighted by Gasteiger charge is -2.49. The maximum atomic E-state index is 11.4. The van der Waals surface area contributed by atoms with Crippen LogP contribution >= 0.6 is 15.9 Å². The first-order chi connectivity index (χ1) is 7.86. The maximum absolute atomic E-state index is 11.4. The minimum absolute atomic E-state index is 0.0180. The molecule has 0 radical (unpaired) electrons. The van der Waals surface area contributed by atoms with E-state index in [1.807, 2.05) is 6.92 Å². The number of rotatable bonds is 2. The maximum Gasteiger partial charge on any atom is 0.126 e. The van der Waals surface area contributed by atoms with Crippen LogP contribution in [0.5, 0.6) is 0 Å². The fourth-order valence-electron chi connectivity index (χ4n) is 4.11. The molecule has 3 nitrogen and oxygen atoms in total. The molecule has 2 fully saturated rings. The van der Waals surface area contributed by atoms with Gasteiger partial charge in [-0.05, 0) is 31.6 Å². The largest absolute Gasteiger partial charge is 0.390 e. The zero-order valence-electron chi connectivity index (χ0n) is 10.6. The normalized spacial score (nSPS) is 54.4. The quantitative estimate of drug-likeness (QED) is 0.628. The Morgan fingerprint density at radius 2 is 2.12 bits per heavy atom. The molecule has 0 aliphatic heterocycles. The van der Waals surface area contributed by atoms with Crippen LogP contribution in [0.3, 0.4) is 0 Å².